The Morgan fingerprint density at radius 1 is 0.938 bits per heavy atom. The number of rotatable bonds is 12. The Hall–Kier alpha value is -2.75. The summed E-state index contributed by atoms with van der Waals surface area (Å²) in [6.45, 7) is 10.3. The van der Waals surface area contributed by atoms with Crippen molar-refractivity contribution in [2.45, 2.75) is 84.7 Å². The average molecular weight is 451 g/mol. The first kappa shape index (κ1) is 25.5. The first-order valence-electron chi connectivity index (χ1n) is 11.7. The van der Waals surface area contributed by atoms with E-state index in [0.29, 0.717) is 5.57 Å². The molecule has 2 heterocycles. The van der Waals surface area contributed by atoms with E-state index in [0.717, 1.165) is 23.5 Å². The lowest BCUT2D eigenvalue weighted by Crippen LogP contribution is -2.24. The Balaban J connectivity index is 2.36. The zero-order valence-electron chi connectivity index (χ0n) is 19.8. The smallest absolute Gasteiger partial charge is 0.172 e. The van der Waals surface area contributed by atoms with Crippen molar-refractivity contribution in [1.82, 2.24) is 0 Å². The van der Waals surface area contributed by atoms with Gasteiger partial charge in [-0.15, -0.1) is 11.3 Å². The third kappa shape index (κ3) is 6.15. The van der Waals surface area contributed by atoms with E-state index in [4.69, 9.17) is 4.74 Å². The van der Waals surface area contributed by atoms with Gasteiger partial charge in [0.25, 0.3) is 0 Å². The van der Waals surface area contributed by atoms with Gasteiger partial charge in [0.05, 0.1) is 5.00 Å². The number of nitrogens with zero attached hydrogens (tertiary/aromatic N) is 4. The summed E-state index contributed by atoms with van der Waals surface area (Å²) in [5, 5.41) is 29.6. The Kier molecular flexibility index (Phi) is 9.83. The molecule has 170 valence electrons. The second kappa shape index (κ2) is 12.3. The van der Waals surface area contributed by atoms with Crippen LogP contribution in [0.15, 0.2) is 29.0 Å². The van der Waals surface area contributed by atoms with Crippen LogP contribution in [-0.2, 0) is 4.74 Å². The van der Waals surface area contributed by atoms with Gasteiger partial charge in [0, 0.05) is 23.5 Å². The standard InChI is InChI=1S/C26H34N4OS/c1-5-7-9-11-15-30(16-12-10-8-6-2)23-14-13-22(32-23)24-21(19-29)25(20(17-27)18-28)31-26(24,3)4/h13-14H,5-12,15-16H2,1-4H3. The first-order chi connectivity index (χ1) is 15.4. The van der Waals surface area contributed by atoms with Crippen LogP contribution in [0, 0.1) is 34.0 Å². The van der Waals surface area contributed by atoms with Crippen molar-refractivity contribution in [2.24, 2.45) is 0 Å². The molecule has 32 heavy (non-hydrogen) atoms. The summed E-state index contributed by atoms with van der Waals surface area (Å²) in [6, 6.07) is 10.1. The van der Waals surface area contributed by atoms with Gasteiger partial charge in [-0.05, 0) is 38.8 Å². The second-order valence-electron chi connectivity index (χ2n) is 8.65. The number of ether oxygens (including phenoxy) is 1. The molecule has 1 aliphatic heterocycles. The average Bonchev–Trinajstić information content (AvgIpc) is 3.35. The molecule has 0 spiro atoms. The van der Waals surface area contributed by atoms with Gasteiger partial charge in [0.15, 0.2) is 11.3 Å². The lowest BCUT2D eigenvalue weighted by molar-refractivity contribution is 0.109. The molecule has 5 nitrogen and oxygen atoms in total. The van der Waals surface area contributed by atoms with E-state index in [1.807, 2.05) is 32.1 Å². The van der Waals surface area contributed by atoms with Crippen molar-refractivity contribution in [3.63, 3.8) is 0 Å². The van der Waals surface area contributed by atoms with Gasteiger partial charge in [0.2, 0.25) is 0 Å². The highest BCUT2D eigenvalue weighted by Gasteiger charge is 2.41. The molecule has 0 aromatic carbocycles. The molecular weight excluding hydrogens is 416 g/mol. The summed E-state index contributed by atoms with van der Waals surface area (Å²) in [5.74, 6) is 0.100. The highest BCUT2D eigenvalue weighted by Crippen LogP contribution is 2.47. The van der Waals surface area contributed by atoms with Crippen molar-refractivity contribution in [2.75, 3.05) is 18.0 Å². The molecule has 0 amide bonds. The predicted octanol–water partition coefficient (Wildman–Crippen LogP) is 7.10. The van der Waals surface area contributed by atoms with E-state index in [9.17, 15) is 15.8 Å². The van der Waals surface area contributed by atoms with Gasteiger partial charge in [-0.2, -0.15) is 15.8 Å². The van der Waals surface area contributed by atoms with Crippen LogP contribution in [0.4, 0.5) is 5.00 Å². The Morgan fingerprint density at radius 3 is 2.03 bits per heavy atom. The lowest BCUT2D eigenvalue weighted by atomic mass is 9.94. The molecule has 0 unspecified atom stereocenters. The molecule has 1 aromatic rings. The molecule has 1 aromatic heterocycles. The Bertz CT molecular complexity index is 937. The monoisotopic (exact) mass is 450 g/mol. The third-order valence-corrected chi connectivity index (χ3v) is 6.88. The topological polar surface area (TPSA) is 83.8 Å². The van der Waals surface area contributed by atoms with Crippen molar-refractivity contribution < 1.29 is 4.74 Å². The van der Waals surface area contributed by atoms with Crippen LogP contribution in [0.25, 0.3) is 5.57 Å². The minimum Gasteiger partial charge on any atom is -0.479 e. The van der Waals surface area contributed by atoms with E-state index in [2.05, 4.69) is 30.9 Å². The minimum atomic E-state index is -0.783. The van der Waals surface area contributed by atoms with Gasteiger partial charge >= 0.3 is 0 Å². The zero-order chi connectivity index (χ0) is 23.6. The SMILES string of the molecule is CCCCCCN(CCCCCC)c1ccc(C2=C(C#N)C(=C(C#N)C#N)OC2(C)C)s1. The summed E-state index contributed by atoms with van der Waals surface area (Å²) in [4.78, 5) is 3.43. The van der Waals surface area contributed by atoms with E-state index >= 15 is 0 Å². The molecule has 1 aliphatic rings. The van der Waals surface area contributed by atoms with Gasteiger partial charge in [-0.3, -0.25) is 0 Å². The number of unbranched alkanes of at least 4 members (excludes halogenated alkanes) is 6. The van der Waals surface area contributed by atoms with Crippen LogP contribution in [0.1, 0.15) is 83.9 Å². The Morgan fingerprint density at radius 2 is 1.53 bits per heavy atom. The minimum absolute atomic E-state index is 0.100. The highest BCUT2D eigenvalue weighted by molar-refractivity contribution is 7.17. The van der Waals surface area contributed by atoms with Crippen LogP contribution in [-0.4, -0.2) is 18.7 Å². The number of allylic oxidation sites excluding steroid dienone is 2. The van der Waals surface area contributed by atoms with Gasteiger partial charge in [0.1, 0.15) is 29.4 Å². The summed E-state index contributed by atoms with van der Waals surface area (Å²) < 4.78 is 5.95. The van der Waals surface area contributed by atoms with Crippen LogP contribution >= 0.6 is 11.3 Å². The third-order valence-electron chi connectivity index (χ3n) is 5.71. The fourth-order valence-electron chi connectivity index (χ4n) is 4.02. The largest absolute Gasteiger partial charge is 0.479 e. The molecular formula is C26H34N4OS. The van der Waals surface area contributed by atoms with Gasteiger partial charge < -0.3 is 9.64 Å². The van der Waals surface area contributed by atoms with Crippen molar-refractivity contribution in [3.05, 3.63) is 33.9 Å². The van der Waals surface area contributed by atoms with Crippen molar-refractivity contribution in [3.8, 4) is 18.2 Å². The molecule has 6 heteroatoms. The van der Waals surface area contributed by atoms with Crippen LogP contribution < -0.4 is 4.90 Å². The molecule has 0 aliphatic carbocycles. The van der Waals surface area contributed by atoms with Crippen molar-refractivity contribution in [1.29, 1.82) is 15.8 Å². The number of anilines is 1. The summed E-state index contributed by atoms with van der Waals surface area (Å²) in [7, 11) is 0. The molecule has 0 radical (unpaired) electrons. The summed E-state index contributed by atoms with van der Waals surface area (Å²) in [5.41, 5.74) is 0.106. The zero-order valence-corrected chi connectivity index (χ0v) is 20.6. The molecule has 0 fully saturated rings. The molecule has 0 saturated heterocycles. The fourth-order valence-corrected chi connectivity index (χ4v) is 5.28. The van der Waals surface area contributed by atoms with Crippen LogP contribution in [0.3, 0.4) is 0 Å². The number of thiophene rings is 1. The second-order valence-corrected chi connectivity index (χ2v) is 9.71. The number of hydrogen-bond donors (Lipinski definition) is 0. The van der Waals surface area contributed by atoms with E-state index in [1.54, 1.807) is 11.3 Å². The maximum Gasteiger partial charge on any atom is 0.172 e. The molecule has 0 bridgehead atoms. The Labute approximate surface area is 197 Å². The lowest BCUT2D eigenvalue weighted by Gasteiger charge is -2.24. The van der Waals surface area contributed by atoms with Gasteiger partial charge in [-0.25, -0.2) is 0 Å². The number of hydrogen-bond acceptors (Lipinski definition) is 6. The summed E-state index contributed by atoms with van der Waals surface area (Å²) >= 11 is 1.66. The van der Waals surface area contributed by atoms with Crippen LogP contribution in [0.2, 0.25) is 0 Å². The van der Waals surface area contributed by atoms with Crippen LogP contribution in [0.5, 0.6) is 0 Å². The quantitative estimate of drug-likeness (QED) is 0.250. The molecule has 0 N–H and O–H groups in total. The van der Waals surface area contributed by atoms with E-state index in [-0.39, 0.29) is 11.3 Å². The summed E-state index contributed by atoms with van der Waals surface area (Å²) in [6.07, 6.45) is 9.81. The van der Waals surface area contributed by atoms with E-state index < -0.39 is 5.60 Å². The maximum atomic E-state index is 9.84. The maximum absolute atomic E-state index is 9.84. The molecule has 2 rings (SSSR count). The van der Waals surface area contributed by atoms with E-state index in [1.165, 1.54) is 56.4 Å². The predicted molar refractivity (Wildman–Crippen MR) is 131 cm³/mol. The number of nitriles is 3. The van der Waals surface area contributed by atoms with Crippen molar-refractivity contribution >= 4 is 21.9 Å². The van der Waals surface area contributed by atoms with Gasteiger partial charge in [-0.1, -0.05) is 52.4 Å². The first-order valence-corrected chi connectivity index (χ1v) is 12.5. The normalized spacial score (nSPS) is 14.5. The molecule has 0 saturated carbocycles. The molecule has 0 atom stereocenters. The fraction of sp³-hybridized carbons (Fsp3) is 0.577. The highest BCUT2D eigenvalue weighted by atomic mass is 32.1.